The summed E-state index contributed by atoms with van der Waals surface area (Å²) < 4.78 is 11.6. The minimum Gasteiger partial charge on any atom is -0.496 e. The number of hydrogen-bond acceptors (Lipinski definition) is 4. The molecule has 142 valence electrons. The van der Waals surface area contributed by atoms with Gasteiger partial charge in [-0.2, -0.15) is 0 Å². The summed E-state index contributed by atoms with van der Waals surface area (Å²) in [5.74, 6) is 0.751. The Labute approximate surface area is 170 Å². The smallest absolute Gasteiger partial charge is 0.265 e. The fourth-order valence-electron chi connectivity index (χ4n) is 2.82. The number of carbonyl (C=O) groups excluding carboxylic acids is 2. The van der Waals surface area contributed by atoms with Crippen LogP contribution in [0.15, 0.2) is 40.9 Å². The normalized spacial score (nSPS) is 13.0. The van der Waals surface area contributed by atoms with Crippen LogP contribution in [0.1, 0.15) is 5.56 Å². The maximum Gasteiger partial charge on any atom is 0.265 e. The monoisotopic (exact) mass is 452 g/mol. The first kappa shape index (κ1) is 19.5. The molecule has 2 aromatic carbocycles. The van der Waals surface area contributed by atoms with E-state index in [1.165, 1.54) is 9.80 Å². The van der Waals surface area contributed by atoms with Crippen LogP contribution in [0.2, 0.25) is 5.02 Å². The molecular weight excluding hydrogens is 436 g/mol. The molecule has 3 rings (SSSR count). The van der Waals surface area contributed by atoms with Crippen molar-refractivity contribution in [3.05, 3.63) is 51.5 Å². The minimum absolute atomic E-state index is 0.0732. The van der Waals surface area contributed by atoms with Gasteiger partial charge >= 0.3 is 0 Å². The molecule has 2 amide bonds. The SMILES string of the molecule is COc1ccc(Cl)cc1CN(C)C(=O)CN1C(=O)COc2cc(Br)ccc21. The third kappa shape index (κ3) is 4.36. The molecule has 0 radical (unpaired) electrons. The lowest BCUT2D eigenvalue weighted by Crippen LogP contribution is -2.45. The van der Waals surface area contributed by atoms with Crippen molar-refractivity contribution in [1.82, 2.24) is 4.90 Å². The Balaban J connectivity index is 1.75. The number of likely N-dealkylation sites (N-methyl/N-ethyl adjacent to an activating group) is 1. The van der Waals surface area contributed by atoms with Crippen molar-refractivity contribution in [2.75, 3.05) is 32.2 Å². The van der Waals surface area contributed by atoms with E-state index in [9.17, 15) is 9.59 Å². The summed E-state index contributed by atoms with van der Waals surface area (Å²) in [6.45, 7) is 0.146. The summed E-state index contributed by atoms with van der Waals surface area (Å²) in [6.07, 6.45) is 0. The maximum atomic E-state index is 12.7. The summed E-state index contributed by atoms with van der Waals surface area (Å²) in [5.41, 5.74) is 1.37. The highest BCUT2D eigenvalue weighted by molar-refractivity contribution is 9.10. The van der Waals surface area contributed by atoms with Crippen LogP contribution >= 0.6 is 27.5 Å². The molecule has 0 saturated carbocycles. The standard InChI is InChI=1S/C19H18BrClN2O4/c1-22(9-12-7-14(21)4-6-16(12)26-2)18(24)10-23-15-5-3-13(20)8-17(15)27-11-19(23)25/h3-8H,9-11H2,1-2H3. The lowest BCUT2D eigenvalue weighted by atomic mass is 10.2. The number of methoxy groups -OCH3 is 1. The van der Waals surface area contributed by atoms with Crippen LogP contribution in [-0.4, -0.2) is 44.0 Å². The van der Waals surface area contributed by atoms with Crippen molar-refractivity contribution in [3.63, 3.8) is 0 Å². The van der Waals surface area contributed by atoms with E-state index in [1.807, 2.05) is 0 Å². The first-order valence-corrected chi connectivity index (χ1v) is 9.35. The van der Waals surface area contributed by atoms with E-state index in [-0.39, 0.29) is 25.0 Å². The molecular formula is C19H18BrClN2O4. The van der Waals surface area contributed by atoms with Gasteiger partial charge in [-0.25, -0.2) is 0 Å². The number of rotatable bonds is 5. The van der Waals surface area contributed by atoms with Gasteiger partial charge in [-0.05, 0) is 36.4 Å². The molecule has 27 heavy (non-hydrogen) atoms. The maximum absolute atomic E-state index is 12.7. The Hall–Kier alpha value is -2.25. The molecule has 0 aromatic heterocycles. The number of anilines is 1. The zero-order valence-corrected chi connectivity index (χ0v) is 17.2. The molecule has 6 nitrogen and oxygen atoms in total. The minimum atomic E-state index is -0.257. The van der Waals surface area contributed by atoms with Crippen molar-refractivity contribution in [1.29, 1.82) is 0 Å². The largest absolute Gasteiger partial charge is 0.496 e. The van der Waals surface area contributed by atoms with Crippen LogP contribution in [0.4, 0.5) is 5.69 Å². The first-order valence-electron chi connectivity index (χ1n) is 8.18. The molecule has 0 saturated heterocycles. The van der Waals surface area contributed by atoms with E-state index < -0.39 is 0 Å². The number of fused-ring (bicyclic) bond motifs is 1. The Bertz CT molecular complexity index is 890. The molecule has 2 aromatic rings. The van der Waals surface area contributed by atoms with Crippen molar-refractivity contribution in [2.24, 2.45) is 0 Å². The molecule has 0 unspecified atom stereocenters. The summed E-state index contributed by atoms with van der Waals surface area (Å²) in [7, 11) is 3.24. The Kier molecular flexibility index (Phi) is 5.92. The zero-order valence-electron chi connectivity index (χ0n) is 14.9. The molecule has 0 fully saturated rings. The van der Waals surface area contributed by atoms with Gasteiger partial charge in [0.15, 0.2) is 6.61 Å². The second kappa shape index (κ2) is 8.19. The summed E-state index contributed by atoms with van der Waals surface area (Å²) in [6, 6.07) is 10.6. The number of carbonyl (C=O) groups is 2. The fraction of sp³-hybridized carbons (Fsp3) is 0.263. The zero-order chi connectivity index (χ0) is 19.6. The van der Waals surface area contributed by atoms with E-state index >= 15 is 0 Å². The number of ether oxygens (including phenoxy) is 2. The average molecular weight is 454 g/mol. The van der Waals surface area contributed by atoms with Crippen LogP contribution in [0, 0.1) is 0 Å². The van der Waals surface area contributed by atoms with Crippen LogP contribution in [0.3, 0.4) is 0 Å². The third-order valence-electron chi connectivity index (χ3n) is 4.23. The Morgan fingerprint density at radius 2 is 2.11 bits per heavy atom. The molecule has 0 N–H and O–H groups in total. The second-order valence-corrected chi connectivity index (χ2v) is 7.44. The van der Waals surface area contributed by atoms with Crippen molar-refractivity contribution < 1.29 is 19.1 Å². The van der Waals surface area contributed by atoms with E-state index in [1.54, 1.807) is 50.6 Å². The van der Waals surface area contributed by atoms with Gasteiger partial charge in [-0.15, -0.1) is 0 Å². The number of amides is 2. The molecule has 0 aliphatic carbocycles. The van der Waals surface area contributed by atoms with Crippen molar-refractivity contribution in [2.45, 2.75) is 6.54 Å². The van der Waals surface area contributed by atoms with E-state index in [0.29, 0.717) is 28.8 Å². The molecule has 0 atom stereocenters. The van der Waals surface area contributed by atoms with E-state index in [0.717, 1.165) is 10.0 Å². The second-order valence-electron chi connectivity index (χ2n) is 6.09. The van der Waals surface area contributed by atoms with Gasteiger partial charge in [-0.1, -0.05) is 27.5 Å². The molecule has 1 aliphatic rings. The summed E-state index contributed by atoms with van der Waals surface area (Å²) >= 11 is 9.43. The molecule has 1 aliphatic heterocycles. The van der Waals surface area contributed by atoms with Gasteiger partial charge in [0.25, 0.3) is 5.91 Å². The van der Waals surface area contributed by atoms with Gasteiger partial charge < -0.3 is 14.4 Å². The van der Waals surface area contributed by atoms with Crippen LogP contribution in [0.25, 0.3) is 0 Å². The highest BCUT2D eigenvalue weighted by Gasteiger charge is 2.28. The van der Waals surface area contributed by atoms with Gasteiger partial charge in [-0.3, -0.25) is 14.5 Å². The van der Waals surface area contributed by atoms with E-state index in [2.05, 4.69) is 15.9 Å². The first-order chi connectivity index (χ1) is 12.9. The predicted octanol–water partition coefficient (Wildman–Crippen LogP) is 3.50. The highest BCUT2D eigenvalue weighted by Crippen LogP contribution is 2.34. The van der Waals surface area contributed by atoms with Crippen LogP contribution < -0.4 is 14.4 Å². The van der Waals surface area contributed by atoms with E-state index in [4.69, 9.17) is 21.1 Å². The molecule has 8 heteroatoms. The fourth-order valence-corrected chi connectivity index (χ4v) is 3.36. The van der Waals surface area contributed by atoms with Crippen molar-refractivity contribution >= 4 is 45.0 Å². The molecule has 1 heterocycles. The number of benzene rings is 2. The summed E-state index contributed by atoms with van der Waals surface area (Å²) in [5, 5.41) is 0.564. The lowest BCUT2D eigenvalue weighted by Gasteiger charge is -2.30. The number of hydrogen-bond donors (Lipinski definition) is 0. The molecule has 0 spiro atoms. The van der Waals surface area contributed by atoms with Gasteiger partial charge in [0.05, 0.1) is 12.8 Å². The topological polar surface area (TPSA) is 59.1 Å². The Morgan fingerprint density at radius 3 is 2.85 bits per heavy atom. The summed E-state index contributed by atoms with van der Waals surface area (Å²) in [4.78, 5) is 28.0. The third-order valence-corrected chi connectivity index (χ3v) is 4.96. The van der Waals surface area contributed by atoms with Crippen LogP contribution in [0.5, 0.6) is 11.5 Å². The quantitative estimate of drug-likeness (QED) is 0.695. The molecule has 0 bridgehead atoms. The van der Waals surface area contributed by atoms with Gasteiger partial charge in [0.1, 0.15) is 18.0 Å². The Morgan fingerprint density at radius 1 is 1.33 bits per heavy atom. The van der Waals surface area contributed by atoms with Crippen molar-refractivity contribution in [3.8, 4) is 11.5 Å². The van der Waals surface area contributed by atoms with Gasteiger partial charge in [0, 0.05) is 28.7 Å². The number of halogens is 2. The lowest BCUT2D eigenvalue weighted by molar-refractivity contribution is -0.131. The number of nitrogens with zero attached hydrogens (tertiary/aromatic N) is 2. The van der Waals surface area contributed by atoms with Crippen LogP contribution in [-0.2, 0) is 16.1 Å². The highest BCUT2D eigenvalue weighted by atomic mass is 79.9. The average Bonchev–Trinajstić information content (AvgIpc) is 2.64. The predicted molar refractivity (Wildman–Crippen MR) is 106 cm³/mol. The van der Waals surface area contributed by atoms with Gasteiger partial charge in [0.2, 0.25) is 5.91 Å².